The zero-order valence-electron chi connectivity index (χ0n) is 10.4. The average molecular weight is 221 g/mol. The Labute approximate surface area is 98.2 Å². The molecule has 2 heterocycles. The number of hydrogen-bond acceptors (Lipinski definition) is 2. The Hall–Kier alpha value is -0.830. The van der Waals surface area contributed by atoms with Gasteiger partial charge in [-0.2, -0.15) is 5.10 Å². The van der Waals surface area contributed by atoms with Gasteiger partial charge in [0, 0.05) is 12.2 Å². The normalized spacial score (nSPS) is 23.2. The highest BCUT2D eigenvalue weighted by Gasteiger charge is 2.15. The highest BCUT2D eigenvalue weighted by molar-refractivity contribution is 5.01. The summed E-state index contributed by atoms with van der Waals surface area (Å²) < 4.78 is 2.10. The van der Waals surface area contributed by atoms with E-state index in [2.05, 4.69) is 41.2 Å². The van der Waals surface area contributed by atoms with Crippen LogP contribution in [0, 0.1) is 5.92 Å². The maximum absolute atomic E-state index is 4.66. The Kier molecular flexibility index (Phi) is 3.99. The second-order valence-corrected chi connectivity index (χ2v) is 4.96. The molecule has 1 aromatic rings. The molecule has 3 heteroatoms. The van der Waals surface area contributed by atoms with E-state index in [-0.39, 0.29) is 0 Å². The third kappa shape index (κ3) is 2.85. The van der Waals surface area contributed by atoms with E-state index in [0.29, 0.717) is 6.04 Å². The molecule has 1 aliphatic rings. The number of piperidine rings is 1. The molecule has 0 aliphatic carbocycles. The van der Waals surface area contributed by atoms with Crippen LogP contribution in [0.1, 0.15) is 44.8 Å². The van der Waals surface area contributed by atoms with E-state index < -0.39 is 0 Å². The van der Waals surface area contributed by atoms with Crippen molar-refractivity contribution in [2.24, 2.45) is 5.92 Å². The standard InChI is InChI=1S/C13H23N3/c1-3-11(2)16-8-6-13(15-16)9-12-5-4-7-14-10-12/h6,8,11-12,14H,3-5,7,9-10H2,1-2H3. The summed E-state index contributed by atoms with van der Waals surface area (Å²) >= 11 is 0. The fourth-order valence-corrected chi connectivity index (χ4v) is 2.31. The summed E-state index contributed by atoms with van der Waals surface area (Å²) in [5, 5.41) is 8.13. The molecule has 0 spiro atoms. The van der Waals surface area contributed by atoms with Crippen molar-refractivity contribution in [2.45, 2.75) is 45.6 Å². The Morgan fingerprint density at radius 2 is 2.50 bits per heavy atom. The molecule has 0 aromatic carbocycles. The molecule has 3 nitrogen and oxygen atoms in total. The van der Waals surface area contributed by atoms with E-state index >= 15 is 0 Å². The van der Waals surface area contributed by atoms with E-state index in [1.54, 1.807) is 0 Å². The highest BCUT2D eigenvalue weighted by Crippen LogP contribution is 2.16. The third-order valence-electron chi connectivity index (χ3n) is 3.60. The van der Waals surface area contributed by atoms with Crippen molar-refractivity contribution in [2.75, 3.05) is 13.1 Å². The minimum Gasteiger partial charge on any atom is -0.316 e. The SMILES string of the molecule is CCC(C)n1ccc(CC2CCCNC2)n1. The first-order valence-electron chi connectivity index (χ1n) is 6.54. The molecule has 16 heavy (non-hydrogen) atoms. The second-order valence-electron chi connectivity index (χ2n) is 4.96. The minimum atomic E-state index is 0.526. The molecule has 1 fully saturated rings. The molecule has 2 unspecified atom stereocenters. The molecular weight excluding hydrogens is 198 g/mol. The van der Waals surface area contributed by atoms with Crippen LogP contribution in [0.4, 0.5) is 0 Å². The van der Waals surface area contributed by atoms with Crippen molar-refractivity contribution in [3.8, 4) is 0 Å². The van der Waals surface area contributed by atoms with Crippen molar-refractivity contribution < 1.29 is 0 Å². The van der Waals surface area contributed by atoms with Gasteiger partial charge in [-0.3, -0.25) is 4.68 Å². The molecule has 0 saturated carbocycles. The summed E-state index contributed by atoms with van der Waals surface area (Å²) in [6.45, 7) is 6.78. The van der Waals surface area contributed by atoms with Gasteiger partial charge in [-0.25, -0.2) is 0 Å². The average Bonchev–Trinajstić information content (AvgIpc) is 2.78. The summed E-state index contributed by atoms with van der Waals surface area (Å²) in [6.07, 6.45) is 7.07. The van der Waals surface area contributed by atoms with Gasteiger partial charge < -0.3 is 5.32 Å². The molecule has 0 radical (unpaired) electrons. The van der Waals surface area contributed by atoms with E-state index in [1.165, 1.54) is 25.1 Å². The number of aromatic nitrogens is 2. The van der Waals surface area contributed by atoms with Crippen molar-refractivity contribution >= 4 is 0 Å². The van der Waals surface area contributed by atoms with Gasteiger partial charge >= 0.3 is 0 Å². The van der Waals surface area contributed by atoms with Gasteiger partial charge in [0.2, 0.25) is 0 Å². The smallest absolute Gasteiger partial charge is 0.0627 e. The first kappa shape index (κ1) is 11.6. The zero-order chi connectivity index (χ0) is 11.4. The van der Waals surface area contributed by atoms with Crippen LogP contribution in [0.25, 0.3) is 0 Å². The minimum absolute atomic E-state index is 0.526. The van der Waals surface area contributed by atoms with Gasteiger partial charge in [-0.1, -0.05) is 6.92 Å². The number of nitrogens with zero attached hydrogens (tertiary/aromatic N) is 2. The molecule has 0 bridgehead atoms. The fourth-order valence-electron chi connectivity index (χ4n) is 2.31. The lowest BCUT2D eigenvalue weighted by atomic mass is 9.95. The van der Waals surface area contributed by atoms with Crippen molar-refractivity contribution in [1.82, 2.24) is 15.1 Å². The van der Waals surface area contributed by atoms with Crippen LogP contribution in [-0.4, -0.2) is 22.9 Å². The van der Waals surface area contributed by atoms with Gasteiger partial charge in [-0.05, 0) is 57.7 Å². The Balaban J connectivity index is 1.91. The molecule has 1 saturated heterocycles. The zero-order valence-corrected chi connectivity index (χ0v) is 10.4. The maximum Gasteiger partial charge on any atom is 0.0627 e. The second kappa shape index (κ2) is 5.48. The summed E-state index contributed by atoms with van der Waals surface area (Å²) in [5.74, 6) is 0.786. The number of nitrogens with one attached hydrogen (secondary N) is 1. The summed E-state index contributed by atoms with van der Waals surface area (Å²) in [6, 6.07) is 2.71. The van der Waals surface area contributed by atoms with E-state index in [0.717, 1.165) is 25.3 Å². The lowest BCUT2D eigenvalue weighted by molar-refractivity contribution is 0.370. The summed E-state index contributed by atoms with van der Waals surface area (Å²) in [5.41, 5.74) is 1.26. The van der Waals surface area contributed by atoms with Crippen LogP contribution in [0.3, 0.4) is 0 Å². The molecule has 1 N–H and O–H groups in total. The van der Waals surface area contributed by atoms with Gasteiger partial charge in [0.15, 0.2) is 0 Å². The molecule has 2 atom stereocenters. The van der Waals surface area contributed by atoms with Crippen LogP contribution in [0.15, 0.2) is 12.3 Å². The summed E-state index contributed by atoms with van der Waals surface area (Å²) in [7, 11) is 0. The molecule has 1 aliphatic heterocycles. The number of hydrogen-bond donors (Lipinski definition) is 1. The van der Waals surface area contributed by atoms with E-state index in [9.17, 15) is 0 Å². The fraction of sp³-hybridized carbons (Fsp3) is 0.769. The Morgan fingerprint density at radius 3 is 3.19 bits per heavy atom. The van der Waals surface area contributed by atoms with Crippen LogP contribution in [0.5, 0.6) is 0 Å². The molecule has 1 aromatic heterocycles. The quantitative estimate of drug-likeness (QED) is 0.846. The molecule has 0 amide bonds. The van der Waals surface area contributed by atoms with Gasteiger partial charge in [0.1, 0.15) is 0 Å². The van der Waals surface area contributed by atoms with Crippen molar-refractivity contribution in [3.05, 3.63) is 18.0 Å². The van der Waals surface area contributed by atoms with Gasteiger partial charge in [-0.15, -0.1) is 0 Å². The molecule has 2 rings (SSSR count). The van der Waals surface area contributed by atoms with Gasteiger partial charge in [0.25, 0.3) is 0 Å². The molecule has 90 valence electrons. The van der Waals surface area contributed by atoms with Crippen LogP contribution < -0.4 is 5.32 Å². The maximum atomic E-state index is 4.66. The number of rotatable bonds is 4. The topological polar surface area (TPSA) is 29.9 Å². The van der Waals surface area contributed by atoms with Gasteiger partial charge in [0.05, 0.1) is 5.69 Å². The lowest BCUT2D eigenvalue weighted by Crippen LogP contribution is -2.30. The van der Waals surface area contributed by atoms with Crippen LogP contribution >= 0.6 is 0 Å². The van der Waals surface area contributed by atoms with Crippen LogP contribution in [-0.2, 0) is 6.42 Å². The highest BCUT2D eigenvalue weighted by atomic mass is 15.3. The van der Waals surface area contributed by atoms with E-state index in [1.807, 2.05) is 0 Å². The molecular formula is C13H23N3. The monoisotopic (exact) mass is 221 g/mol. The lowest BCUT2D eigenvalue weighted by Gasteiger charge is -2.21. The Bertz CT molecular complexity index is 313. The third-order valence-corrected chi connectivity index (χ3v) is 3.60. The predicted molar refractivity (Wildman–Crippen MR) is 66.5 cm³/mol. The Morgan fingerprint density at radius 1 is 1.62 bits per heavy atom. The largest absolute Gasteiger partial charge is 0.316 e. The van der Waals surface area contributed by atoms with E-state index in [4.69, 9.17) is 0 Å². The summed E-state index contributed by atoms with van der Waals surface area (Å²) in [4.78, 5) is 0. The van der Waals surface area contributed by atoms with Crippen LogP contribution in [0.2, 0.25) is 0 Å². The predicted octanol–water partition coefficient (Wildman–Crippen LogP) is 2.40. The van der Waals surface area contributed by atoms with Crippen molar-refractivity contribution in [3.63, 3.8) is 0 Å². The first-order valence-corrected chi connectivity index (χ1v) is 6.54. The first-order chi connectivity index (χ1) is 7.79. The van der Waals surface area contributed by atoms with Crippen molar-refractivity contribution in [1.29, 1.82) is 0 Å².